The van der Waals surface area contributed by atoms with Crippen LogP contribution in [0.4, 0.5) is 0 Å². The molecule has 41 heavy (non-hydrogen) atoms. The molecule has 0 saturated heterocycles. The van der Waals surface area contributed by atoms with E-state index in [0.717, 1.165) is 45.3 Å². The van der Waals surface area contributed by atoms with E-state index in [1.807, 2.05) is 97.1 Å². The van der Waals surface area contributed by atoms with Gasteiger partial charge in [0.05, 0.1) is 54.9 Å². The third-order valence-corrected chi connectivity index (χ3v) is 8.29. The Morgan fingerprint density at radius 1 is 0.341 bits per heavy atom. The lowest BCUT2D eigenvalue weighted by atomic mass is 10.2. The summed E-state index contributed by atoms with van der Waals surface area (Å²) in [5.41, 5.74) is 3.71. The van der Waals surface area contributed by atoms with Crippen LogP contribution in [0.2, 0.25) is 0 Å². The van der Waals surface area contributed by atoms with Gasteiger partial charge in [0, 0.05) is 0 Å². The summed E-state index contributed by atoms with van der Waals surface area (Å²) in [6.45, 7) is 0.905. The van der Waals surface area contributed by atoms with Crippen LogP contribution >= 0.6 is 0 Å². The second-order valence-corrected chi connectivity index (χ2v) is 11.2. The summed E-state index contributed by atoms with van der Waals surface area (Å²) in [6.07, 6.45) is 0. The van der Waals surface area contributed by atoms with Crippen LogP contribution in [0.25, 0.3) is 0 Å². The minimum absolute atomic E-state index is 0.226. The minimum Gasteiger partial charge on any atom is -0.497 e. The number of hydrogen-bond donors (Lipinski definition) is 0. The Labute approximate surface area is 242 Å². The first-order chi connectivity index (χ1) is 20.0. The van der Waals surface area contributed by atoms with E-state index >= 15 is 0 Å². The summed E-state index contributed by atoms with van der Waals surface area (Å²) in [5.74, 6) is 3.05. The molecule has 0 radical (unpaired) electrons. The SMILES string of the molecule is COc1ccc(CO[Si](OCc2ccc(OC)cc2)(OCc2ccc(OC)cc2)OCc2ccc(OC)cc2)cc1. The minimum atomic E-state index is -3.74. The number of methoxy groups -OCH3 is 4. The molecule has 0 bridgehead atoms. The summed E-state index contributed by atoms with van der Waals surface area (Å²) in [6, 6.07) is 30.6. The molecular weight excluding hydrogens is 540 g/mol. The smallest absolute Gasteiger partial charge is 0.497 e. The molecule has 216 valence electrons. The van der Waals surface area contributed by atoms with Gasteiger partial charge in [-0.2, -0.15) is 0 Å². The van der Waals surface area contributed by atoms with Crippen LogP contribution in [0.5, 0.6) is 23.0 Å². The Bertz CT molecular complexity index is 1100. The second-order valence-electron chi connectivity index (χ2n) is 9.05. The van der Waals surface area contributed by atoms with Gasteiger partial charge in [-0.1, -0.05) is 48.5 Å². The summed E-state index contributed by atoms with van der Waals surface area (Å²) in [4.78, 5) is 0. The van der Waals surface area contributed by atoms with Gasteiger partial charge in [-0.3, -0.25) is 0 Å². The fourth-order valence-electron chi connectivity index (χ4n) is 3.82. The van der Waals surface area contributed by atoms with Gasteiger partial charge in [-0.05, 0) is 70.8 Å². The van der Waals surface area contributed by atoms with Crippen molar-refractivity contribution in [1.82, 2.24) is 0 Å². The molecule has 0 aliphatic rings. The molecule has 0 aliphatic heterocycles. The Kier molecular flexibility index (Phi) is 11.2. The Morgan fingerprint density at radius 3 is 0.707 bits per heavy atom. The zero-order valence-electron chi connectivity index (χ0n) is 23.8. The molecule has 8 nitrogen and oxygen atoms in total. The van der Waals surface area contributed by atoms with Gasteiger partial charge >= 0.3 is 9.05 Å². The average molecular weight is 577 g/mol. The number of ether oxygens (including phenoxy) is 4. The van der Waals surface area contributed by atoms with Crippen molar-refractivity contribution in [2.75, 3.05) is 28.4 Å². The van der Waals surface area contributed by atoms with Gasteiger partial charge < -0.3 is 36.7 Å². The number of hydrogen-bond acceptors (Lipinski definition) is 8. The van der Waals surface area contributed by atoms with E-state index in [1.54, 1.807) is 28.4 Å². The number of rotatable bonds is 16. The van der Waals surface area contributed by atoms with Crippen molar-refractivity contribution in [3.63, 3.8) is 0 Å². The van der Waals surface area contributed by atoms with E-state index in [1.165, 1.54) is 0 Å². The molecule has 0 unspecified atom stereocenters. The van der Waals surface area contributed by atoms with E-state index in [9.17, 15) is 0 Å². The molecule has 0 heterocycles. The maximum Gasteiger partial charge on any atom is 0.680 e. The topological polar surface area (TPSA) is 73.8 Å². The van der Waals surface area contributed by atoms with Crippen molar-refractivity contribution in [1.29, 1.82) is 0 Å². The van der Waals surface area contributed by atoms with Crippen molar-refractivity contribution in [2.45, 2.75) is 26.4 Å². The quantitative estimate of drug-likeness (QED) is 0.143. The van der Waals surface area contributed by atoms with E-state index in [4.69, 9.17) is 36.7 Å². The van der Waals surface area contributed by atoms with Crippen molar-refractivity contribution < 1.29 is 36.7 Å². The van der Waals surface area contributed by atoms with Crippen LogP contribution in [0, 0.1) is 0 Å². The number of benzene rings is 4. The van der Waals surface area contributed by atoms with Crippen molar-refractivity contribution in [3.8, 4) is 23.0 Å². The Hall–Kier alpha value is -3.86. The molecule has 4 rings (SSSR count). The van der Waals surface area contributed by atoms with Crippen LogP contribution in [-0.4, -0.2) is 37.5 Å². The third kappa shape index (κ3) is 9.07. The van der Waals surface area contributed by atoms with Crippen LogP contribution < -0.4 is 18.9 Å². The second kappa shape index (κ2) is 15.2. The largest absolute Gasteiger partial charge is 0.680 e. The zero-order chi connectivity index (χ0) is 28.9. The molecule has 9 heteroatoms. The lowest BCUT2D eigenvalue weighted by Gasteiger charge is -2.28. The maximum absolute atomic E-state index is 6.45. The Morgan fingerprint density at radius 2 is 0.537 bits per heavy atom. The van der Waals surface area contributed by atoms with Crippen molar-refractivity contribution in [2.24, 2.45) is 0 Å². The predicted octanol–water partition coefficient (Wildman–Crippen LogP) is 6.32. The maximum atomic E-state index is 6.45. The van der Waals surface area contributed by atoms with Crippen molar-refractivity contribution in [3.05, 3.63) is 119 Å². The zero-order valence-corrected chi connectivity index (χ0v) is 24.8. The standard InChI is InChI=1S/C32H36O8Si/c1-33-29-13-5-25(6-14-29)21-37-41(38-22-26-7-15-30(34-2)16-8-26,39-23-27-9-17-31(35-3)18-10-27)40-24-28-11-19-32(36-4)20-12-28/h5-20H,21-24H2,1-4H3. The summed E-state index contributed by atoms with van der Waals surface area (Å²) < 4.78 is 47.0. The fourth-order valence-corrected chi connectivity index (χ4v) is 5.70. The Balaban J connectivity index is 1.58. The normalized spacial score (nSPS) is 11.2. The third-order valence-electron chi connectivity index (χ3n) is 6.30. The molecule has 0 aliphatic carbocycles. The average Bonchev–Trinajstić information content (AvgIpc) is 3.05. The van der Waals surface area contributed by atoms with E-state index in [0.29, 0.717) is 0 Å². The van der Waals surface area contributed by atoms with Gasteiger partial charge in [-0.25, -0.2) is 0 Å². The highest BCUT2D eigenvalue weighted by atomic mass is 28.4. The molecular formula is C32H36O8Si. The first-order valence-corrected chi connectivity index (χ1v) is 14.8. The highest BCUT2D eigenvalue weighted by Gasteiger charge is 2.46. The molecule has 0 spiro atoms. The van der Waals surface area contributed by atoms with Crippen LogP contribution in [-0.2, 0) is 44.1 Å². The molecule has 4 aromatic rings. The summed E-state index contributed by atoms with van der Waals surface area (Å²) in [5, 5.41) is 0. The molecule has 0 aromatic heterocycles. The highest BCUT2D eigenvalue weighted by Crippen LogP contribution is 2.24. The van der Waals surface area contributed by atoms with Gasteiger partial charge in [0.15, 0.2) is 0 Å². The van der Waals surface area contributed by atoms with E-state index in [-0.39, 0.29) is 26.4 Å². The molecule has 4 aromatic carbocycles. The van der Waals surface area contributed by atoms with Gasteiger partial charge in [0.2, 0.25) is 0 Å². The molecule has 0 N–H and O–H groups in total. The first-order valence-electron chi connectivity index (χ1n) is 13.1. The highest BCUT2D eigenvalue weighted by molar-refractivity contribution is 6.53. The van der Waals surface area contributed by atoms with Crippen LogP contribution in [0.15, 0.2) is 97.1 Å². The fraction of sp³-hybridized carbons (Fsp3) is 0.250. The molecule has 0 atom stereocenters. The van der Waals surface area contributed by atoms with Gasteiger partial charge in [0.1, 0.15) is 23.0 Å². The molecule has 0 amide bonds. The monoisotopic (exact) mass is 576 g/mol. The van der Waals surface area contributed by atoms with E-state index < -0.39 is 9.05 Å². The van der Waals surface area contributed by atoms with Crippen molar-refractivity contribution >= 4 is 9.05 Å². The summed E-state index contributed by atoms with van der Waals surface area (Å²) in [7, 11) is 2.80. The predicted molar refractivity (Wildman–Crippen MR) is 157 cm³/mol. The summed E-state index contributed by atoms with van der Waals surface area (Å²) >= 11 is 0. The first kappa shape index (κ1) is 30.1. The molecule has 0 fully saturated rings. The van der Waals surface area contributed by atoms with Crippen LogP contribution in [0.1, 0.15) is 22.3 Å². The molecule has 0 saturated carbocycles. The van der Waals surface area contributed by atoms with E-state index in [2.05, 4.69) is 0 Å². The lowest BCUT2D eigenvalue weighted by Crippen LogP contribution is -2.48. The van der Waals surface area contributed by atoms with Crippen LogP contribution in [0.3, 0.4) is 0 Å². The van der Waals surface area contributed by atoms with Gasteiger partial charge in [-0.15, -0.1) is 0 Å². The lowest BCUT2D eigenvalue weighted by molar-refractivity contribution is -0.0521. The van der Waals surface area contributed by atoms with Gasteiger partial charge in [0.25, 0.3) is 0 Å².